The van der Waals surface area contributed by atoms with Gasteiger partial charge in [0.1, 0.15) is 0 Å². The average molecular weight is 851 g/mol. The molecule has 2 heterocycles. The van der Waals surface area contributed by atoms with Crippen molar-refractivity contribution in [3.05, 3.63) is 204 Å². The third-order valence-corrected chi connectivity index (χ3v) is 17.5. The minimum atomic E-state index is -0.284. The molecule has 64 heavy (non-hydrogen) atoms. The third-order valence-electron chi connectivity index (χ3n) is 15.1. The van der Waals surface area contributed by atoms with Crippen LogP contribution < -0.4 is 0 Å². The average Bonchev–Trinajstić information content (AvgIpc) is 3.91. The van der Waals surface area contributed by atoms with Crippen LogP contribution in [0.25, 0.3) is 116 Å². The van der Waals surface area contributed by atoms with Crippen LogP contribution in [0.2, 0.25) is 0 Å². The molecule has 0 nitrogen and oxygen atoms in total. The monoisotopic (exact) mass is 850 g/mol. The molecule has 0 amide bonds. The fourth-order valence-corrected chi connectivity index (χ4v) is 14.4. The van der Waals surface area contributed by atoms with Crippen molar-refractivity contribution in [3.8, 4) is 22.3 Å². The first-order valence-corrected chi connectivity index (χ1v) is 24.1. The van der Waals surface area contributed by atoms with E-state index in [0.29, 0.717) is 0 Å². The fraction of sp³-hybridized carbons (Fsp3) is 0.0968. The van der Waals surface area contributed by atoms with E-state index in [1.165, 1.54) is 139 Å². The Balaban J connectivity index is 1.15. The number of hydrogen-bond donors (Lipinski definition) is 0. The van der Waals surface area contributed by atoms with Gasteiger partial charge < -0.3 is 0 Å². The lowest BCUT2D eigenvalue weighted by molar-refractivity contribution is 0.523. The van der Waals surface area contributed by atoms with Gasteiger partial charge in [0, 0.05) is 62.3 Å². The van der Waals surface area contributed by atoms with Gasteiger partial charge in [0.2, 0.25) is 0 Å². The lowest BCUT2D eigenvalue weighted by Crippen LogP contribution is -2.36. The summed E-state index contributed by atoms with van der Waals surface area (Å²) in [5.41, 5.74) is 10.4. The summed E-state index contributed by atoms with van der Waals surface area (Å²) >= 11 is 3.86. The maximum Gasteiger partial charge on any atom is 0.0434 e. The Bertz CT molecular complexity index is 3920. The number of hydrogen-bond acceptors (Lipinski definition) is 2. The van der Waals surface area contributed by atoms with Crippen LogP contribution in [-0.4, -0.2) is 0 Å². The van der Waals surface area contributed by atoms with Crippen LogP contribution in [0.3, 0.4) is 0 Å². The van der Waals surface area contributed by atoms with E-state index in [9.17, 15) is 0 Å². The molecule has 302 valence electrons. The van der Waals surface area contributed by atoms with E-state index >= 15 is 0 Å². The normalized spacial score (nSPS) is 14.5. The molecule has 11 aromatic carbocycles. The standard InChI is InChI=1S/C62H42S2/c1-61(2)51-31-47-37-19-7-5-17-35(37)36-18-6-8-20-38(36)48(47)32-52(51)62(3,4)54-34-50-49(33-53(54)61)57(45-27-15-25-43-39-21-11-13-29-55(39)63-59(43)45)41-23-9-10-24-42(41)58(50)46-28-16-26-44-40-22-12-14-30-56(40)64-60(44)46/h5-34H,1-4H3. The summed E-state index contributed by atoms with van der Waals surface area (Å²) in [6, 6.07) is 69.5. The van der Waals surface area contributed by atoms with Crippen molar-refractivity contribution < 1.29 is 0 Å². The summed E-state index contributed by atoms with van der Waals surface area (Å²) in [4.78, 5) is 0. The first-order valence-electron chi connectivity index (χ1n) is 22.5. The smallest absolute Gasteiger partial charge is 0.0434 e. The van der Waals surface area contributed by atoms with Crippen LogP contribution in [0, 0.1) is 0 Å². The summed E-state index contributed by atoms with van der Waals surface area (Å²) in [7, 11) is 0. The molecule has 0 N–H and O–H groups in total. The molecule has 13 aromatic rings. The molecular weight excluding hydrogens is 809 g/mol. The van der Waals surface area contributed by atoms with E-state index in [2.05, 4.69) is 210 Å². The summed E-state index contributed by atoms with van der Waals surface area (Å²) in [6.07, 6.45) is 0. The molecule has 0 saturated carbocycles. The van der Waals surface area contributed by atoms with E-state index in [4.69, 9.17) is 0 Å². The molecule has 0 radical (unpaired) electrons. The van der Waals surface area contributed by atoms with E-state index in [0.717, 1.165) is 0 Å². The predicted octanol–water partition coefficient (Wildman–Crippen LogP) is 18.5. The minimum Gasteiger partial charge on any atom is -0.135 e. The number of benzene rings is 11. The van der Waals surface area contributed by atoms with Crippen molar-refractivity contribution in [3.63, 3.8) is 0 Å². The van der Waals surface area contributed by atoms with E-state index < -0.39 is 0 Å². The van der Waals surface area contributed by atoms with Crippen LogP contribution in [0.15, 0.2) is 182 Å². The van der Waals surface area contributed by atoms with Gasteiger partial charge in [-0.1, -0.05) is 173 Å². The SMILES string of the molecule is CC1(C)c2cc3c(-c4cccc5c4sc4ccccc45)c4ccccc4c(-c4cccc5c4sc4ccccc45)c3cc2C(C)(C)c2cc3c4ccccc4c4ccccc4c3cc21. The van der Waals surface area contributed by atoms with Crippen molar-refractivity contribution in [2.24, 2.45) is 0 Å². The Morgan fingerprint density at radius 1 is 0.266 bits per heavy atom. The number of thiophene rings is 2. The molecule has 1 aliphatic rings. The first kappa shape index (κ1) is 36.6. The van der Waals surface area contributed by atoms with E-state index in [-0.39, 0.29) is 10.8 Å². The second-order valence-corrected chi connectivity index (χ2v) is 21.2. The van der Waals surface area contributed by atoms with Crippen LogP contribution >= 0.6 is 22.7 Å². The molecule has 0 atom stereocenters. The molecule has 0 saturated heterocycles. The molecule has 0 bridgehead atoms. The van der Waals surface area contributed by atoms with E-state index in [1.54, 1.807) is 0 Å². The lowest BCUT2D eigenvalue weighted by atomic mass is 9.59. The van der Waals surface area contributed by atoms with Crippen LogP contribution in [0.4, 0.5) is 0 Å². The summed E-state index contributed by atoms with van der Waals surface area (Å²) in [5.74, 6) is 0. The lowest BCUT2D eigenvalue weighted by Gasteiger charge is -2.44. The molecule has 2 heteroatoms. The van der Waals surface area contributed by atoms with Gasteiger partial charge in [0.05, 0.1) is 0 Å². The van der Waals surface area contributed by atoms with Crippen molar-refractivity contribution in [1.82, 2.24) is 0 Å². The largest absolute Gasteiger partial charge is 0.135 e. The maximum atomic E-state index is 2.64. The predicted molar refractivity (Wildman–Crippen MR) is 281 cm³/mol. The van der Waals surface area contributed by atoms with Gasteiger partial charge in [0.15, 0.2) is 0 Å². The minimum absolute atomic E-state index is 0.284. The van der Waals surface area contributed by atoms with E-state index in [1.807, 2.05) is 22.7 Å². The molecule has 1 aliphatic carbocycles. The molecule has 0 aliphatic heterocycles. The zero-order valence-electron chi connectivity index (χ0n) is 36.1. The summed E-state index contributed by atoms with van der Waals surface area (Å²) in [5, 5.41) is 18.5. The van der Waals surface area contributed by atoms with Gasteiger partial charge >= 0.3 is 0 Å². The van der Waals surface area contributed by atoms with Crippen LogP contribution in [-0.2, 0) is 10.8 Å². The summed E-state index contributed by atoms with van der Waals surface area (Å²) in [6.45, 7) is 9.92. The second-order valence-electron chi connectivity index (χ2n) is 19.1. The molecular formula is C62H42S2. The highest BCUT2D eigenvalue weighted by Crippen LogP contribution is 2.56. The second kappa shape index (κ2) is 12.9. The highest BCUT2D eigenvalue weighted by atomic mass is 32.1. The van der Waals surface area contributed by atoms with Crippen LogP contribution in [0.1, 0.15) is 49.9 Å². The zero-order chi connectivity index (χ0) is 42.6. The Labute approximate surface area is 379 Å². The highest BCUT2D eigenvalue weighted by Gasteiger charge is 2.43. The first-order chi connectivity index (χ1) is 31.3. The Hall–Kier alpha value is -6.84. The quantitative estimate of drug-likeness (QED) is 0.120. The summed E-state index contributed by atoms with van der Waals surface area (Å²) < 4.78 is 5.36. The third kappa shape index (κ3) is 4.77. The zero-order valence-corrected chi connectivity index (χ0v) is 37.8. The molecule has 0 fully saturated rings. The van der Waals surface area contributed by atoms with Crippen LogP contribution in [0.5, 0.6) is 0 Å². The van der Waals surface area contributed by atoms with Gasteiger partial charge in [-0.15, -0.1) is 22.7 Å². The van der Waals surface area contributed by atoms with Gasteiger partial charge in [-0.05, 0) is 124 Å². The van der Waals surface area contributed by atoms with Crippen molar-refractivity contribution >= 4 is 117 Å². The van der Waals surface area contributed by atoms with Crippen molar-refractivity contribution in [1.29, 1.82) is 0 Å². The molecule has 0 unspecified atom stereocenters. The topological polar surface area (TPSA) is 0 Å². The highest BCUT2D eigenvalue weighted by molar-refractivity contribution is 7.26. The van der Waals surface area contributed by atoms with Gasteiger partial charge in [-0.25, -0.2) is 0 Å². The Kier molecular flexibility index (Phi) is 7.37. The Morgan fingerprint density at radius 3 is 0.953 bits per heavy atom. The maximum absolute atomic E-state index is 2.64. The molecule has 2 aromatic heterocycles. The number of rotatable bonds is 2. The number of fused-ring (bicyclic) bond motifs is 16. The molecule has 14 rings (SSSR count). The Morgan fingerprint density at radius 2 is 0.562 bits per heavy atom. The van der Waals surface area contributed by atoms with Gasteiger partial charge in [0.25, 0.3) is 0 Å². The van der Waals surface area contributed by atoms with Crippen molar-refractivity contribution in [2.75, 3.05) is 0 Å². The fourth-order valence-electron chi connectivity index (χ4n) is 12.0. The van der Waals surface area contributed by atoms with Gasteiger partial charge in [-0.2, -0.15) is 0 Å². The van der Waals surface area contributed by atoms with Gasteiger partial charge in [-0.3, -0.25) is 0 Å². The van der Waals surface area contributed by atoms with Crippen molar-refractivity contribution in [2.45, 2.75) is 38.5 Å². The molecule has 0 spiro atoms.